The molecule has 0 aromatic carbocycles. The van der Waals surface area contributed by atoms with Crippen LogP contribution in [0.5, 0.6) is 0 Å². The number of β-lactam (4-membered cyclic amide) rings is 1. The van der Waals surface area contributed by atoms with Gasteiger partial charge in [-0.2, -0.15) is 5.26 Å². The molecule has 0 saturated carbocycles. The number of rotatable bonds is 9. The number of nitrogen functional groups attached to an aromatic ring is 1. The largest absolute Gasteiger partial charge is 0.477 e. The number of hydrogen-bond acceptors (Lipinski definition) is 14. The van der Waals surface area contributed by atoms with Crippen LogP contribution in [0.15, 0.2) is 27.0 Å². The molecule has 0 bridgehead atoms. The third-order valence-corrected chi connectivity index (χ3v) is 7.85. The van der Waals surface area contributed by atoms with E-state index in [4.69, 9.17) is 15.8 Å². The monoisotopic (exact) mass is 536 g/mol. The zero-order valence-electron chi connectivity index (χ0n) is 17.8. The molecule has 18 heteroatoms. The fourth-order valence-corrected chi connectivity index (χ4v) is 6.22. The van der Waals surface area contributed by atoms with Gasteiger partial charge in [0.1, 0.15) is 36.5 Å². The molecule has 2 atom stereocenters. The molecule has 35 heavy (non-hydrogen) atoms. The second-order valence-corrected chi connectivity index (χ2v) is 9.81. The highest BCUT2D eigenvalue weighted by Crippen LogP contribution is 2.41. The van der Waals surface area contributed by atoms with Gasteiger partial charge in [-0.1, -0.05) is 16.9 Å². The minimum atomic E-state index is -1.26. The zero-order chi connectivity index (χ0) is 25.1. The number of aromatic nitrogens is 5. The third-order valence-electron chi connectivity index (χ3n) is 4.79. The number of carboxylic acids is 1. The topological polar surface area (TPSA) is 215 Å². The van der Waals surface area contributed by atoms with Crippen molar-refractivity contribution in [3.05, 3.63) is 22.3 Å². The van der Waals surface area contributed by atoms with Crippen LogP contribution < -0.4 is 11.1 Å². The summed E-state index contributed by atoms with van der Waals surface area (Å²) >= 11 is 3.58. The Morgan fingerprint density at radius 1 is 1.51 bits per heavy atom. The molecule has 0 radical (unpaired) electrons. The molecule has 2 aliphatic rings. The molecule has 4 rings (SSSR count). The van der Waals surface area contributed by atoms with Gasteiger partial charge in [0.15, 0.2) is 10.8 Å². The molecule has 4 N–H and O–H groups in total. The van der Waals surface area contributed by atoms with Crippen LogP contribution in [-0.4, -0.2) is 88.7 Å². The van der Waals surface area contributed by atoms with Crippen molar-refractivity contribution in [3.63, 3.8) is 0 Å². The molecule has 2 aliphatic heterocycles. The van der Waals surface area contributed by atoms with E-state index in [1.807, 2.05) is 6.07 Å². The highest BCUT2D eigenvalue weighted by molar-refractivity contribution is 8.01. The number of fused-ring (bicyclic) bond motifs is 1. The molecule has 4 heterocycles. The number of nitriles is 1. The Morgan fingerprint density at radius 3 is 2.97 bits per heavy atom. The van der Waals surface area contributed by atoms with Gasteiger partial charge >= 0.3 is 5.97 Å². The molecule has 2 amide bonds. The number of tetrazole rings is 1. The fourth-order valence-electron chi connectivity index (χ4n) is 3.31. The molecule has 15 nitrogen and oxygen atoms in total. The van der Waals surface area contributed by atoms with Crippen molar-refractivity contribution in [2.24, 2.45) is 5.16 Å². The number of anilines is 1. The predicted octanol–water partition coefficient (Wildman–Crippen LogP) is -0.883. The summed E-state index contributed by atoms with van der Waals surface area (Å²) in [6.45, 7) is -0.0508. The third kappa shape index (κ3) is 4.78. The Kier molecular flexibility index (Phi) is 7.18. The van der Waals surface area contributed by atoms with Crippen LogP contribution in [0.3, 0.4) is 0 Å². The molecule has 0 aliphatic carbocycles. The Morgan fingerprint density at radius 2 is 2.31 bits per heavy atom. The van der Waals surface area contributed by atoms with Gasteiger partial charge in [0.05, 0.1) is 6.07 Å². The summed E-state index contributed by atoms with van der Waals surface area (Å²) in [4.78, 5) is 47.6. The van der Waals surface area contributed by atoms with Crippen molar-refractivity contribution in [1.82, 2.24) is 35.4 Å². The number of thioether (sulfide) groups is 2. The molecule has 2 aromatic heterocycles. The number of nitrogens with two attached hydrogens (primary N) is 1. The maximum absolute atomic E-state index is 12.9. The Balaban J connectivity index is 1.49. The molecule has 1 saturated heterocycles. The molecule has 1 unspecified atom stereocenters. The molecule has 0 spiro atoms. The number of hydrogen-bond donors (Lipinski definition) is 3. The summed E-state index contributed by atoms with van der Waals surface area (Å²) in [5.41, 5.74) is 6.00. The number of amides is 2. The summed E-state index contributed by atoms with van der Waals surface area (Å²) in [6, 6.07) is 0.974. The lowest BCUT2D eigenvalue weighted by atomic mass is 10.0. The van der Waals surface area contributed by atoms with E-state index in [1.54, 1.807) is 0 Å². The first-order chi connectivity index (χ1) is 16.8. The van der Waals surface area contributed by atoms with Crippen LogP contribution in [-0.2, 0) is 25.8 Å². The predicted molar refractivity (Wildman–Crippen MR) is 124 cm³/mol. The maximum atomic E-state index is 12.9. The molecule has 1 fully saturated rings. The summed E-state index contributed by atoms with van der Waals surface area (Å²) < 4.78 is 1.29. The highest BCUT2D eigenvalue weighted by Gasteiger charge is 2.54. The van der Waals surface area contributed by atoms with Crippen molar-refractivity contribution in [2.75, 3.05) is 24.3 Å². The molecule has 2 aromatic rings. The summed E-state index contributed by atoms with van der Waals surface area (Å²) in [5, 5.41) is 37.5. The Bertz CT molecular complexity index is 1280. The number of carbonyl (C=O) groups is 3. The quantitative estimate of drug-likeness (QED) is 0.154. The van der Waals surface area contributed by atoms with Gasteiger partial charge < -0.3 is 21.0 Å². The van der Waals surface area contributed by atoms with Crippen LogP contribution >= 0.6 is 34.9 Å². The Labute approximate surface area is 209 Å². The van der Waals surface area contributed by atoms with Gasteiger partial charge in [0, 0.05) is 16.9 Å². The normalized spacial score (nSPS) is 19.6. The van der Waals surface area contributed by atoms with Crippen LogP contribution in [0, 0.1) is 11.3 Å². The first-order valence-electron chi connectivity index (χ1n) is 9.65. The van der Waals surface area contributed by atoms with Gasteiger partial charge in [0.2, 0.25) is 5.16 Å². The fraction of sp³-hybridized carbons (Fsp3) is 0.353. The number of thiazole rings is 1. The molecular formula is C17H16N10O5S3. The van der Waals surface area contributed by atoms with E-state index in [2.05, 4.69) is 31.0 Å². The first kappa shape index (κ1) is 24.4. The van der Waals surface area contributed by atoms with Crippen LogP contribution in [0.1, 0.15) is 5.69 Å². The number of carboxylic acid groups (broad SMARTS) is 1. The average molecular weight is 537 g/mol. The number of oxime groups is 1. The van der Waals surface area contributed by atoms with E-state index in [0.29, 0.717) is 16.5 Å². The van der Waals surface area contributed by atoms with Crippen molar-refractivity contribution in [2.45, 2.75) is 23.1 Å². The number of nitrogens with zero attached hydrogens (tertiary/aromatic N) is 8. The SMILES string of the molecule is CON=C(C(=O)NC1C(=O)N2C(C(=O)O)=C(CSc3nnnn3CC#N)CS[C@@H]12)c1csc(N)n1. The van der Waals surface area contributed by atoms with E-state index in [0.717, 1.165) is 28.0 Å². The van der Waals surface area contributed by atoms with Gasteiger partial charge in [-0.05, 0) is 16.0 Å². The van der Waals surface area contributed by atoms with Crippen molar-refractivity contribution in [1.29, 1.82) is 5.26 Å². The first-order valence-corrected chi connectivity index (χ1v) is 12.6. The van der Waals surface area contributed by atoms with E-state index in [1.165, 1.54) is 28.9 Å². The minimum Gasteiger partial charge on any atom is -0.477 e. The second-order valence-electron chi connectivity index (χ2n) is 6.88. The van der Waals surface area contributed by atoms with Crippen molar-refractivity contribution in [3.8, 4) is 6.07 Å². The number of aliphatic carboxylic acids is 1. The van der Waals surface area contributed by atoms with Gasteiger partial charge in [-0.25, -0.2) is 14.5 Å². The minimum absolute atomic E-state index is 0.0508. The summed E-state index contributed by atoms with van der Waals surface area (Å²) in [5.74, 6) is -2.04. The van der Waals surface area contributed by atoms with Gasteiger partial charge in [-0.15, -0.1) is 28.2 Å². The lowest BCUT2D eigenvalue weighted by Crippen LogP contribution is -2.71. The van der Waals surface area contributed by atoms with E-state index in [-0.39, 0.29) is 34.5 Å². The summed E-state index contributed by atoms with van der Waals surface area (Å²) in [7, 11) is 1.26. The second kappa shape index (κ2) is 10.3. The molecule has 182 valence electrons. The van der Waals surface area contributed by atoms with Crippen LogP contribution in [0.25, 0.3) is 0 Å². The van der Waals surface area contributed by atoms with Crippen LogP contribution in [0.4, 0.5) is 5.13 Å². The van der Waals surface area contributed by atoms with Crippen LogP contribution in [0.2, 0.25) is 0 Å². The van der Waals surface area contributed by atoms with E-state index in [9.17, 15) is 19.5 Å². The van der Waals surface area contributed by atoms with Gasteiger partial charge in [0.25, 0.3) is 11.8 Å². The summed E-state index contributed by atoms with van der Waals surface area (Å²) in [6.07, 6.45) is 0. The van der Waals surface area contributed by atoms with Crippen molar-refractivity contribution >= 4 is 63.5 Å². The lowest BCUT2D eigenvalue weighted by molar-refractivity contribution is -0.150. The van der Waals surface area contributed by atoms with Gasteiger partial charge in [-0.3, -0.25) is 14.5 Å². The van der Waals surface area contributed by atoms with Crippen molar-refractivity contribution < 1.29 is 24.3 Å². The smallest absolute Gasteiger partial charge is 0.352 e. The maximum Gasteiger partial charge on any atom is 0.352 e. The van der Waals surface area contributed by atoms with E-state index < -0.39 is 29.2 Å². The highest BCUT2D eigenvalue weighted by atomic mass is 32.2. The van der Waals surface area contributed by atoms with E-state index >= 15 is 0 Å². The molecular weight excluding hydrogens is 520 g/mol. The zero-order valence-corrected chi connectivity index (χ0v) is 20.3. The Hall–Kier alpha value is -3.69. The number of nitrogens with one attached hydrogen (secondary N) is 1. The lowest BCUT2D eigenvalue weighted by Gasteiger charge is -2.49. The number of carbonyl (C=O) groups excluding carboxylic acids is 2. The average Bonchev–Trinajstić information content (AvgIpc) is 3.47. The standard InChI is InChI=1S/C17H16N10O5S3/c1-32-23-9(8-6-34-16(19)20-8)12(28)21-10-13(29)27-11(15(30)31)7(4-33-14(10)27)5-35-17-22-24-25-26(17)3-2-18/h6,10,14H,3-5H2,1H3,(H2,19,20)(H,21,28)(H,30,31)/t10?,14-/m0/s1.